The van der Waals surface area contributed by atoms with Crippen molar-refractivity contribution in [3.8, 4) is 0 Å². The lowest BCUT2D eigenvalue weighted by atomic mass is 9.99. The minimum Gasteiger partial charge on any atom is -0.348 e. The standard InChI is InChI=1S/C20H25N3O/c1-16-8-11-23(12-9-16)15-18-6-4-17(5-7-18)13-22-20(24)19-3-2-10-21-14-19/h2-7,10,14,16H,8-9,11-13,15H2,1H3,(H,22,24). The van der Waals surface area contributed by atoms with Crippen LogP contribution in [0.2, 0.25) is 0 Å². The zero-order valence-corrected chi connectivity index (χ0v) is 14.2. The van der Waals surface area contributed by atoms with Crippen LogP contribution >= 0.6 is 0 Å². The quantitative estimate of drug-likeness (QED) is 0.919. The van der Waals surface area contributed by atoms with Gasteiger partial charge in [-0.05, 0) is 55.1 Å². The summed E-state index contributed by atoms with van der Waals surface area (Å²) in [7, 11) is 0. The van der Waals surface area contributed by atoms with E-state index in [1.807, 2.05) is 0 Å². The van der Waals surface area contributed by atoms with Crippen LogP contribution in [0.3, 0.4) is 0 Å². The molecule has 1 fully saturated rings. The van der Waals surface area contributed by atoms with Crippen molar-refractivity contribution < 1.29 is 4.79 Å². The second-order valence-electron chi connectivity index (χ2n) is 6.70. The first-order valence-electron chi connectivity index (χ1n) is 8.69. The van der Waals surface area contributed by atoms with Crippen molar-refractivity contribution in [2.24, 2.45) is 5.92 Å². The molecule has 2 heterocycles. The second kappa shape index (κ2) is 8.06. The summed E-state index contributed by atoms with van der Waals surface area (Å²) < 4.78 is 0. The number of piperidine rings is 1. The molecule has 1 aliphatic rings. The summed E-state index contributed by atoms with van der Waals surface area (Å²) in [6, 6.07) is 12.1. The number of pyridine rings is 1. The van der Waals surface area contributed by atoms with Crippen LogP contribution in [0, 0.1) is 5.92 Å². The molecule has 126 valence electrons. The van der Waals surface area contributed by atoms with E-state index in [-0.39, 0.29) is 5.91 Å². The molecule has 1 saturated heterocycles. The van der Waals surface area contributed by atoms with E-state index in [2.05, 4.69) is 46.4 Å². The molecule has 0 bridgehead atoms. The first-order chi connectivity index (χ1) is 11.7. The fourth-order valence-corrected chi connectivity index (χ4v) is 3.02. The van der Waals surface area contributed by atoms with Gasteiger partial charge in [-0.2, -0.15) is 0 Å². The number of aromatic nitrogens is 1. The van der Waals surface area contributed by atoms with Crippen LogP contribution < -0.4 is 5.32 Å². The Morgan fingerprint density at radius 3 is 2.54 bits per heavy atom. The van der Waals surface area contributed by atoms with Crippen LogP contribution in [0.15, 0.2) is 48.8 Å². The summed E-state index contributed by atoms with van der Waals surface area (Å²) in [6.07, 6.45) is 5.85. The van der Waals surface area contributed by atoms with E-state index in [0.29, 0.717) is 12.1 Å². The molecule has 4 nitrogen and oxygen atoms in total. The van der Waals surface area contributed by atoms with Crippen molar-refractivity contribution in [2.75, 3.05) is 13.1 Å². The minimum atomic E-state index is -0.0883. The molecule has 4 heteroatoms. The van der Waals surface area contributed by atoms with E-state index >= 15 is 0 Å². The molecule has 24 heavy (non-hydrogen) atoms. The Bertz CT molecular complexity index is 646. The number of benzene rings is 1. The van der Waals surface area contributed by atoms with Gasteiger partial charge in [-0.3, -0.25) is 14.7 Å². The molecule has 0 radical (unpaired) electrons. The molecular weight excluding hydrogens is 298 g/mol. The van der Waals surface area contributed by atoms with Gasteiger partial charge in [0.1, 0.15) is 0 Å². The molecule has 1 N–H and O–H groups in total. The first kappa shape index (κ1) is 16.7. The van der Waals surface area contributed by atoms with Gasteiger partial charge in [0.15, 0.2) is 0 Å². The Balaban J connectivity index is 1.48. The highest BCUT2D eigenvalue weighted by molar-refractivity contribution is 5.93. The Morgan fingerprint density at radius 2 is 1.88 bits per heavy atom. The van der Waals surface area contributed by atoms with Crippen molar-refractivity contribution in [1.82, 2.24) is 15.2 Å². The Labute approximate surface area is 143 Å². The lowest BCUT2D eigenvalue weighted by Crippen LogP contribution is -2.32. The van der Waals surface area contributed by atoms with E-state index in [0.717, 1.165) is 18.0 Å². The normalized spacial score (nSPS) is 16.0. The van der Waals surface area contributed by atoms with Gasteiger partial charge in [-0.1, -0.05) is 31.2 Å². The number of nitrogens with zero attached hydrogens (tertiary/aromatic N) is 2. The molecule has 0 aliphatic carbocycles. The van der Waals surface area contributed by atoms with Gasteiger partial charge in [-0.25, -0.2) is 0 Å². The Hall–Kier alpha value is -2.20. The van der Waals surface area contributed by atoms with E-state index < -0.39 is 0 Å². The first-order valence-corrected chi connectivity index (χ1v) is 8.69. The van der Waals surface area contributed by atoms with E-state index in [4.69, 9.17) is 0 Å². The molecule has 0 saturated carbocycles. The van der Waals surface area contributed by atoms with Crippen molar-refractivity contribution in [2.45, 2.75) is 32.9 Å². The topological polar surface area (TPSA) is 45.2 Å². The summed E-state index contributed by atoms with van der Waals surface area (Å²) >= 11 is 0. The van der Waals surface area contributed by atoms with Crippen LogP contribution in [-0.4, -0.2) is 28.9 Å². The van der Waals surface area contributed by atoms with Crippen molar-refractivity contribution >= 4 is 5.91 Å². The third-order valence-corrected chi connectivity index (χ3v) is 4.68. The third-order valence-electron chi connectivity index (χ3n) is 4.68. The maximum atomic E-state index is 12.0. The monoisotopic (exact) mass is 323 g/mol. The van der Waals surface area contributed by atoms with Gasteiger partial charge in [-0.15, -0.1) is 0 Å². The van der Waals surface area contributed by atoms with Gasteiger partial charge in [0.05, 0.1) is 5.56 Å². The minimum absolute atomic E-state index is 0.0883. The largest absolute Gasteiger partial charge is 0.348 e. The maximum Gasteiger partial charge on any atom is 0.253 e. The summed E-state index contributed by atoms with van der Waals surface area (Å²) in [5, 5.41) is 2.93. The fraction of sp³-hybridized carbons (Fsp3) is 0.400. The fourth-order valence-electron chi connectivity index (χ4n) is 3.02. The molecule has 0 atom stereocenters. The average Bonchev–Trinajstić information content (AvgIpc) is 2.63. The van der Waals surface area contributed by atoms with Crippen molar-refractivity contribution in [3.05, 3.63) is 65.5 Å². The van der Waals surface area contributed by atoms with Gasteiger partial charge in [0, 0.05) is 25.5 Å². The SMILES string of the molecule is CC1CCN(Cc2ccc(CNC(=O)c3cccnc3)cc2)CC1. The van der Waals surface area contributed by atoms with E-state index in [1.54, 1.807) is 24.5 Å². The number of rotatable bonds is 5. The van der Waals surface area contributed by atoms with E-state index in [1.165, 1.54) is 31.5 Å². The Morgan fingerprint density at radius 1 is 1.17 bits per heavy atom. The lowest BCUT2D eigenvalue weighted by Gasteiger charge is -2.30. The maximum absolute atomic E-state index is 12.0. The summed E-state index contributed by atoms with van der Waals surface area (Å²) in [4.78, 5) is 18.5. The lowest BCUT2D eigenvalue weighted by molar-refractivity contribution is 0.0950. The summed E-state index contributed by atoms with van der Waals surface area (Å²) in [5.41, 5.74) is 3.04. The Kier molecular flexibility index (Phi) is 5.59. The van der Waals surface area contributed by atoms with E-state index in [9.17, 15) is 4.79 Å². The number of hydrogen-bond acceptors (Lipinski definition) is 3. The van der Waals surface area contributed by atoms with Crippen LogP contribution in [0.1, 0.15) is 41.3 Å². The van der Waals surface area contributed by atoms with Gasteiger partial charge >= 0.3 is 0 Å². The number of amides is 1. The molecule has 2 aromatic rings. The predicted molar refractivity (Wildman–Crippen MR) is 95.5 cm³/mol. The number of carbonyl (C=O) groups is 1. The summed E-state index contributed by atoms with van der Waals surface area (Å²) in [5.74, 6) is 0.779. The third kappa shape index (κ3) is 4.65. The molecule has 1 aliphatic heterocycles. The van der Waals surface area contributed by atoms with Crippen LogP contribution in [0.25, 0.3) is 0 Å². The predicted octanol–water partition coefficient (Wildman–Crippen LogP) is 3.24. The highest BCUT2D eigenvalue weighted by Gasteiger charge is 2.15. The molecule has 0 unspecified atom stereocenters. The van der Waals surface area contributed by atoms with Crippen LogP contribution in [-0.2, 0) is 13.1 Å². The molecule has 3 rings (SSSR count). The average molecular weight is 323 g/mol. The van der Waals surface area contributed by atoms with Crippen LogP contribution in [0.5, 0.6) is 0 Å². The molecule has 1 aromatic heterocycles. The number of carbonyl (C=O) groups excluding carboxylic acids is 1. The molecule has 1 aromatic carbocycles. The molecule has 0 spiro atoms. The van der Waals surface area contributed by atoms with Crippen molar-refractivity contribution in [3.63, 3.8) is 0 Å². The number of likely N-dealkylation sites (tertiary alicyclic amines) is 1. The highest BCUT2D eigenvalue weighted by atomic mass is 16.1. The smallest absolute Gasteiger partial charge is 0.253 e. The highest BCUT2D eigenvalue weighted by Crippen LogP contribution is 2.18. The number of nitrogens with one attached hydrogen (secondary N) is 1. The molecule has 1 amide bonds. The number of hydrogen-bond donors (Lipinski definition) is 1. The van der Waals surface area contributed by atoms with Gasteiger partial charge in [0.2, 0.25) is 0 Å². The molecular formula is C20H25N3O. The van der Waals surface area contributed by atoms with Gasteiger partial charge < -0.3 is 5.32 Å². The zero-order valence-electron chi connectivity index (χ0n) is 14.2. The summed E-state index contributed by atoms with van der Waals surface area (Å²) in [6.45, 7) is 6.30. The van der Waals surface area contributed by atoms with Gasteiger partial charge in [0.25, 0.3) is 5.91 Å². The zero-order chi connectivity index (χ0) is 16.8. The van der Waals surface area contributed by atoms with Crippen molar-refractivity contribution in [1.29, 1.82) is 0 Å². The van der Waals surface area contributed by atoms with Crippen LogP contribution in [0.4, 0.5) is 0 Å². The second-order valence-corrected chi connectivity index (χ2v) is 6.70.